The first kappa shape index (κ1) is 9.01. The van der Waals surface area contributed by atoms with E-state index >= 15 is 0 Å². The van der Waals surface area contributed by atoms with Crippen LogP contribution in [0, 0.1) is 0 Å². The van der Waals surface area contributed by atoms with Crippen molar-refractivity contribution in [3.05, 3.63) is 0 Å². The second-order valence-corrected chi connectivity index (χ2v) is 3.64. The van der Waals surface area contributed by atoms with Gasteiger partial charge in [-0.3, -0.25) is 10.2 Å². The maximum absolute atomic E-state index is 3.58. The van der Waals surface area contributed by atoms with Crippen molar-refractivity contribution in [1.82, 2.24) is 10.2 Å². The third-order valence-electron chi connectivity index (χ3n) is 2.89. The molecule has 1 rings (SSSR count). The molecule has 0 aromatic carbocycles. The van der Waals surface area contributed by atoms with Gasteiger partial charge >= 0.3 is 0 Å². The van der Waals surface area contributed by atoms with Gasteiger partial charge in [0, 0.05) is 12.1 Å². The third-order valence-corrected chi connectivity index (χ3v) is 2.89. The van der Waals surface area contributed by atoms with Gasteiger partial charge in [0.15, 0.2) is 0 Å². The lowest BCUT2D eigenvalue weighted by Gasteiger charge is -2.19. The van der Waals surface area contributed by atoms with Crippen molar-refractivity contribution in [1.29, 1.82) is 0 Å². The van der Waals surface area contributed by atoms with Crippen LogP contribution in [0.3, 0.4) is 0 Å². The molecule has 0 aliphatic carbocycles. The second-order valence-electron chi connectivity index (χ2n) is 3.64. The molecule has 11 heavy (non-hydrogen) atoms. The largest absolute Gasteiger partial charge is 0.298 e. The molecule has 1 N–H and O–H groups in total. The van der Waals surface area contributed by atoms with Gasteiger partial charge in [0.25, 0.3) is 0 Å². The number of nitrogens with one attached hydrogen (secondary N) is 1. The molecule has 1 aliphatic rings. The second kappa shape index (κ2) is 3.55. The topological polar surface area (TPSA) is 15.3 Å². The summed E-state index contributed by atoms with van der Waals surface area (Å²) in [5.74, 6) is 0. The molecule has 0 aromatic rings. The molecule has 0 bridgehead atoms. The Morgan fingerprint density at radius 1 is 1.36 bits per heavy atom. The molecular weight excluding hydrogens is 136 g/mol. The van der Waals surface area contributed by atoms with Gasteiger partial charge in [-0.15, -0.1) is 0 Å². The molecule has 1 aliphatic heterocycles. The number of rotatable bonds is 2. The molecule has 0 radical (unpaired) electrons. The minimum Gasteiger partial charge on any atom is -0.298 e. The van der Waals surface area contributed by atoms with Gasteiger partial charge in [-0.2, -0.15) is 0 Å². The van der Waals surface area contributed by atoms with Crippen LogP contribution in [0.4, 0.5) is 0 Å². The first-order chi connectivity index (χ1) is 5.16. The SMILES string of the molecule is CCCC1NC(C)N(C)C1C. The minimum atomic E-state index is 0.557. The molecule has 0 aromatic heterocycles. The van der Waals surface area contributed by atoms with Crippen LogP contribution in [-0.4, -0.2) is 30.2 Å². The van der Waals surface area contributed by atoms with Crippen molar-refractivity contribution in [2.75, 3.05) is 7.05 Å². The Morgan fingerprint density at radius 2 is 2.00 bits per heavy atom. The molecule has 2 nitrogen and oxygen atoms in total. The summed E-state index contributed by atoms with van der Waals surface area (Å²) in [4.78, 5) is 2.40. The van der Waals surface area contributed by atoms with Crippen LogP contribution in [0.25, 0.3) is 0 Å². The highest BCUT2D eigenvalue weighted by molar-refractivity contribution is 4.89. The highest BCUT2D eigenvalue weighted by Crippen LogP contribution is 2.17. The Labute approximate surface area is 70.0 Å². The lowest BCUT2D eigenvalue weighted by molar-refractivity contribution is 0.255. The van der Waals surface area contributed by atoms with Gasteiger partial charge in [0.1, 0.15) is 0 Å². The Bertz CT molecular complexity index is 125. The smallest absolute Gasteiger partial charge is 0.0571 e. The number of hydrogen-bond donors (Lipinski definition) is 1. The molecule has 0 amide bonds. The predicted molar refractivity (Wildman–Crippen MR) is 48.5 cm³/mol. The zero-order chi connectivity index (χ0) is 8.43. The van der Waals surface area contributed by atoms with Crippen LogP contribution in [-0.2, 0) is 0 Å². The summed E-state index contributed by atoms with van der Waals surface area (Å²) in [6.07, 6.45) is 3.14. The Balaban J connectivity index is 2.45. The van der Waals surface area contributed by atoms with E-state index in [1.165, 1.54) is 12.8 Å². The zero-order valence-corrected chi connectivity index (χ0v) is 8.09. The van der Waals surface area contributed by atoms with E-state index in [0.29, 0.717) is 18.2 Å². The van der Waals surface area contributed by atoms with Gasteiger partial charge < -0.3 is 0 Å². The zero-order valence-electron chi connectivity index (χ0n) is 8.09. The van der Waals surface area contributed by atoms with E-state index < -0.39 is 0 Å². The van der Waals surface area contributed by atoms with Crippen molar-refractivity contribution >= 4 is 0 Å². The number of hydrogen-bond acceptors (Lipinski definition) is 2. The maximum atomic E-state index is 3.58. The van der Waals surface area contributed by atoms with Gasteiger partial charge in [0.05, 0.1) is 6.17 Å². The molecule has 1 heterocycles. The van der Waals surface area contributed by atoms with E-state index in [1.54, 1.807) is 0 Å². The minimum absolute atomic E-state index is 0.557. The average molecular weight is 156 g/mol. The van der Waals surface area contributed by atoms with E-state index in [4.69, 9.17) is 0 Å². The third kappa shape index (κ3) is 1.74. The molecular formula is C9H20N2. The van der Waals surface area contributed by atoms with Gasteiger partial charge in [-0.05, 0) is 27.3 Å². The van der Waals surface area contributed by atoms with E-state index in [2.05, 4.69) is 38.0 Å². The first-order valence-corrected chi connectivity index (χ1v) is 4.64. The van der Waals surface area contributed by atoms with Crippen molar-refractivity contribution in [3.63, 3.8) is 0 Å². The molecule has 2 heteroatoms. The lowest BCUT2D eigenvalue weighted by Crippen LogP contribution is -2.31. The summed E-state index contributed by atoms with van der Waals surface area (Å²) < 4.78 is 0. The molecule has 66 valence electrons. The van der Waals surface area contributed by atoms with E-state index in [-0.39, 0.29) is 0 Å². The quantitative estimate of drug-likeness (QED) is 0.650. The van der Waals surface area contributed by atoms with E-state index in [9.17, 15) is 0 Å². The molecule has 1 fully saturated rings. The van der Waals surface area contributed by atoms with Crippen LogP contribution in [0.1, 0.15) is 33.6 Å². The summed E-state index contributed by atoms with van der Waals surface area (Å²) in [6.45, 7) is 6.78. The summed E-state index contributed by atoms with van der Waals surface area (Å²) >= 11 is 0. The predicted octanol–water partition coefficient (Wildman–Crippen LogP) is 1.42. The van der Waals surface area contributed by atoms with Gasteiger partial charge in [0.2, 0.25) is 0 Å². The molecule has 0 spiro atoms. The standard InChI is InChI=1S/C9H20N2/c1-5-6-9-7(2)11(4)8(3)10-9/h7-10H,5-6H2,1-4H3. The number of nitrogens with zero attached hydrogens (tertiary/aromatic N) is 1. The van der Waals surface area contributed by atoms with E-state index in [1.807, 2.05) is 0 Å². The Kier molecular flexibility index (Phi) is 2.90. The summed E-state index contributed by atoms with van der Waals surface area (Å²) in [7, 11) is 2.19. The van der Waals surface area contributed by atoms with Crippen molar-refractivity contribution < 1.29 is 0 Å². The van der Waals surface area contributed by atoms with Crippen LogP contribution in [0.2, 0.25) is 0 Å². The summed E-state index contributed by atoms with van der Waals surface area (Å²) in [5.41, 5.74) is 0. The fourth-order valence-corrected chi connectivity index (χ4v) is 1.84. The van der Waals surface area contributed by atoms with Gasteiger partial charge in [-0.25, -0.2) is 0 Å². The van der Waals surface area contributed by atoms with Gasteiger partial charge in [-0.1, -0.05) is 13.3 Å². The Morgan fingerprint density at radius 3 is 2.36 bits per heavy atom. The van der Waals surface area contributed by atoms with Crippen LogP contribution in [0.15, 0.2) is 0 Å². The van der Waals surface area contributed by atoms with E-state index in [0.717, 1.165) is 0 Å². The highest BCUT2D eigenvalue weighted by Gasteiger charge is 2.31. The van der Waals surface area contributed by atoms with Crippen molar-refractivity contribution in [3.8, 4) is 0 Å². The molecule has 1 saturated heterocycles. The summed E-state index contributed by atoms with van der Waals surface area (Å²) in [5, 5.41) is 3.58. The Hall–Kier alpha value is -0.0800. The van der Waals surface area contributed by atoms with Crippen LogP contribution in [0.5, 0.6) is 0 Å². The molecule has 0 saturated carbocycles. The fourth-order valence-electron chi connectivity index (χ4n) is 1.84. The summed E-state index contributed by atoms with van der Waals surface area (Å²) in [6, 6.07) is 1.41. The first-order valence-electron chi connectivity index (χ1n) is 4.64. The normalized spacial score (nSPS) is 39.8. The van der Waals surface area contributed by atoms with Crippen LogP contribution < -0.4 is 5.32 Å². The monoisotopic (exact) mass is 156 g/mol. The molecule has 3 atom stereocenters. The molecule has 3 unspecified atom stereocenters. The average Bonchev–Trinajstić information content (AvgIpc) is 2.19. The highest BCUT2D eigenvalue weighted by atomic mass is 15.3. The van der Waals surface area contributed by atoms with Crippen molar-refractivity contribution in [2.45, 2.75) is 51.9 Å². The number of likely N-dealkylation sites (N-methyl/N-ethyl adjacent to an activating group) is 1. The lowest BCUT2D eigenvalue weighted by atomic mass is 10.1. The van der Waals surface area contributed by atoms with Crippen molar-refractivity contribution in [2.24, 2.45) is 0 Å². The fraction of sp³-hybridized carbons (Fsp3) is 1.00. The maximum Gasteiger partial charge on any atom is 0.0571 e. The van der Waals surface area contributed by atoms with Crippen LogP contribution >= 0.6 is 0 Å².